The van der Waals surface area contributed by atoms with Gasteiger partial charge in [-0.3, -0.25) is 4.79 Å². The minimum absolute atomic E-state index is 0.242. The van der Waals surface area contributed by atoms with Gasteiger partial charge in [0.1, 0.15) is 10.6 Å². The normalized spacial score (nSPS) is 11.5. The van der Waals surface area contributed by atoms with Gasteiger partial charge in [0, 0.05) is 26.7 Å². The maximum atomic E-state index is 11.8. The van der Waals surface area contributed by atoms with Crippen LogP contribution in [0.25, 0.3) is 0 Å². The lowest BCUT2D eigenvalue weighted by Gasteiger charge is -2.13. The van der Waals surface area contributed by atoms with E-state index in [-0.39, 0.29) is 16.6 Å². The van der Waals surface area contributed by atoms with Crippen molar-refractivity contribution >= 4 is 21.6 Å². The van der Waals surface area contributed by atoms with Crippen molar-refractivity contribution in [2.75, 3.05) is 19.4 Å². The minimum atomic E-state index is -3.73. The number of hydrogen-bond donors (Lipinski definition) is 2. The molecule has 0 aliphatic rings. The van der Waals surface area contributed by atoms with Gasteiger partial charge in [-0.15, -0.1) is 0 Å². The number of sulfonamides is 1. The number of hydrogen-bond acceptors (Lipinski definition) is 4. The van der Waals surface area contributed by atoms with Crippen LogP contribution in [0.5, 0.6) is 5.75 Å². The molecule has 0 radical (unpaired) electrons. The Morgan fingerprint density at radius 1 is 1.35 bits per heavy atom. The molecule has 0 spiro atoms. The molecule has 0 atom stereocenters. The molecule has 2 N–H and O–H groups in total. The van der Waals surface area contributed by atoms with Crippen molar-refractivity contribution in [3.63, 3.8) is 0 Å². The second-order valence-electron chi connectivity index (χ2n) is 3.65. The van der Waals surface area contributed by atoms with Crippen LogP contribution in [0, 0.1) is 0 Å². The van der Waals surface area contributed by atoms with Crippen LogP contribution < -0.4 is 5.32 Å². The highest BCUT2D eigenvalue weighted by Crippen LogP contribution is 2.27. The summed E-state index contributed by atoms with van der Waals surface area (Å²) >= 11 is 0. The molecule has 1 aromatic rings. The summed E-state index contributed by atoms with van der Waals surface area (Å²) < 4.78 is 24.7. The maximum absolute atomic E-state index is 11.8. The van der Waals surface area contributed by atoms with E-state index in [4.69, 9.17) is 0 Å². The zero-order chi connectivity index (χ0) is 13.2. The molecule has 1 aromatic carbocycles. The SMILES string of the molecule is CC(=O)Nc1ccc(O)c(S(=O)(=O)N(C)C)c1. The monoisotopic (exact) mass is 258 g/mol. The predicted molar refractivity (Wildman–Crippen MR) is 63.3 cm³/mol. The number of carbonyl (C=O) groups excluding carboxylic acids is 1. The molecule has 6 nitrogen and oxygen atoms in total. The molecular weight excluding hydrogens is 244 g/mol. The first kappa shape index (κ1) is 13.5. The Hall–Kier alpha value is -1.60. The molecule has 0 bridgehead atoms. The lowest BCUT2D eigenvalue weighted by Crippen LogP contribution is -2.22. The third kappa shape index (κ3) is 2.95. The number of benzene rings is 1. The summed E-state index contributed by atoms with van der Waals surface area (Å²) in [7, 11) is -1.01. The molecule has 7 heteroatoms. The molecule has 0 fully saturated rings. The Morgan fingerprint density at radius 2 is 1.94 bits per heavy atom. The number of nitrogens with zero attached hydrogens (tertiary/aromatic N) is 1. The van der Waals surface area contributed by atoms with Crippen LogP contribution in [-0.2, 0) is 14.8 Å². The van der Waals surface area contributed by atoms with Crippen LogP contribution in [0.2, 0.25) is 0 Å². The topological polar surface area (TPSA) is 86.7 Å². The van der Waals surface area contributed by atoms with Gasteiger partial charge in [0.2, 0.25) is 15.9 Å². The highest BCUT2D eigenvalue weighted by molar-refractivity contribution is 7.89. The molecule has 0 aromatic heterocycles. The van der Waals surface area contributed by atoms with Crippen molar-refractivity contribution in [3.05, 3.63) is 18.2 Å². The lowest BCUT2D eigenvalue weighted by atomic mass is 10.3. The smallest absolute Gasteiger partial charge is 0.246 e. The number of nitrogens with one attached hydrogen (secondary N) is 1. The maximum Gasteiger partial charge on any atom is 0.246 e. The van der Waals surface area contributed by atoms with Gasteiger partial charge in [0.05, 0.1) is 0 Å². The van der Waals surface area contributed by atoms with E-state index in [0.717, 1.165) is 4.31 Å². The van der Waals surface area contributed by atoms with Gasteiger partial charge in [-0.25, -0.2) is 12.7 Å². The summed E-state index contributed by atoms with van der Waals surface area (Å²) in [5.41, 5.74) is 0.315. The molecule has 94 valence electrons. The van der Waals surface area contributed by atoms with Crippen molar-refractivity contribution in [3.8, 4) is 5.75 Å². The summed E-state index contributed by atoms with van der Waals surface area (Å²) in [5.74, 6) is -0.670. The summed E-state index contributed by atoms with van der Waals surface area (Å²) in [4.78, 5) is 10.6. The van der Waals surface area contributed by atoms with Crippen molar-refractivity contribution in [2.24, 2.45) is 0 Å². The number of rotatable bonds is 3. The summed E-state index contributed by atoms with van der Waals surface area (Å²) in [6, 6.07) is 3.86. The predicted octanol–water partition coefficient (Wildman–Crippen LogP) is 0.601. The second-order valence-corrected chi connectivity index (χ2v) is 5.77. The van der Waals surface area contributed by atoms with Crippen LogP contribution in [0.3, 0.4) is 0 Å². The van der Waals surface area contributed by atoms with Gasteiger partial charge in [0.25, 0.3) is 0 Å². The fourth-order valence-corrected chi connectivity index (χ4v) is 2.20. The first-order valence-corrected chi connectivity index (χ1v) is 6.22. The molecule has 0 unspecified atom stereocenters. The highest BCUT2D eigenvalue weighted by Gasteiger charge is 2.21. The minimum Gasteiger partial charge on any atom is -0.507 e. The van der Waals surface area contributed by atoms with Gasteiger partial charge in [-0.1, -0.05) is 0 Å². The quantitative estimate of drug-likeness (QED) is 0.777. The highest BCUT2D eigenvalue weighted by atomic mass is 32.2. The zero-order valence-electron chi connectivity index (χ0n) is 9.76. The van der Waals surface area contributed by atoms with Gasteiger partial charge in [0.15, 0.2) is 0 Å². The van der Waals surface area contributed by atoms with Crippen molar-refractivity contribution in [2.45, 2.75) is 11.8 Å². The standard InChI is InChI=1S/C10H14N2O4S/c1-7(13)11-8-4-5-9(14)10(6-8)17(15,16)12(2)3/h4-6,14H,1-3H3,(H,11,13). The zero-order valence-corrected chi connectivity index (χ0v) is 10.6. The first-order chi connectivity index (χ1) is 7.75. The van der Waals surface area contributed by atoms with Gasteiger partial charge < -0.3 is 10.4 Å². The van der Waals surface area contributed by atoms with Crippen LogP contribution in [0.1, 0.15) is 6.92 Å². The summed E-state index contributed by atoms with van der Waals surface area (Å²) in [6.07, 6.45) is 0. The Kier molecular flexibility index (Phi) is 3.74. The Balaban J connectivity index is 3.29. The van der Waals surface area contributed by atoms with E-state index in [0.29, 0.717) is 5.69 Å². The average Bonchev–Trinajstić information content (AvgIpc) is 2.19. The Labute approximate surface area is 99.9 Å². The molecule has 0 aliphatic heterocycles. The fourth-order valence-electron chi connectivity index (χ4n) is 1.20. The van der Waals surface area contributed by atoms with Crippen LogP contribution in [-0.4, -0.2) is 37.8 Å². The Bertz CT molecular complexity index is 537. The molecular formula is C10H14N2O4S. The second kappa shape index (κ2) is 4.72. The van der Waals surface area contributed by atoms with Crippen LogP contribution in [0.4, 0.5) is 5.69 Å². The number of phenols is 1. The number of amides is 1. The third-order valence-corrected chi connectivity index (χ3v) is 3.88. The first-order valence-electron chi connectivity index (χ1n) is 4.78. The summed E-state index contributed by atoms with van der Waals surface area (Å²) in [6.45, 7) is 1.31. The van der Waals surface area contributed by atoms with E-state index >= 15 is 0 Å². The van der Waals surface area contributed by atoms with E-state index in [9.17, 15) is 18.3 Å². The molecule has 0 saturated heterocycles. The van der Waals surface area contributed by atoms with Gasteiger partial charge >= 0.3 is 0 Å². The number of carbonyl (C=O) groups is 1. The molecule has 1 rings (SSSR count). The molecule has 0 aliphatic carbocycles. The molecule has 17 heavy (non-hydrogen) atoms. The Morgan fingerprint density at radius 3 is 2.41 bits per heavy atom. The molecule has 1 amide bonds. The lowest BCUT2D eigenvalue weighted by molar-refractivity contribution is -0.114. The van der Waals surface area contributed by atoms with Crippen LogP contribution >= 0.6 is 0 Å². The van der Waals surface area contributed by atoms with Crippen molar-refractivity contribution < 1.29 is 18.3 Å². The molecule has 0 saturated carbocycles. The van der Waals surface area contributed by atoms with E-state index in [2.05, 4.69) is 5.32 Å². The van der Waals surface area contributed by atoms with E-state index < -0.39 is 10.0 Å². The number of anilines is 1. The number of phenolic OH excluding ortho intramolecular Hbond substituents is 1. The fraction of sp³-hybridized carbons (Fsp3) is 0.300. The average molecular weight is 258 g/mol. The van der Waals surface area contributed by atoms with Crippen LogP contribution in [0.15, 0.2) is 23.1 Å². The number of aromatic hydroxyl groups is 1. The third-order valence-electron chi connectivity index (χ3n) is 2.04. The van der Waals surface area contributed by atoms with E-state index in [1.807, 2.05) is 0 Å². The molecule has 0 heterocycles. The van der Waals surface area contributed by atoms with E-state index in [1.165, 1.54) is 39.2 Å². The van der Waals surface area contributed by atoms with Gasteiger partial charge in [-0.05, 0) is 18.2 Å². The van der Waals surface area contributed by atoms with E-state index in [1.54, 1.807) is 0 Å². The van der Waals surface area contributed by atoms with Crippen molar-refractivity contribution in [1.82, 2.24) is 4.31 Å². The van der Waals surface area contributed by atoms with Crippen molar-refractivity contribution in [1.29, 1.82) is 0 Å². The summed E-state index contributed by atoms with van der Waals surface area (Å²) in [5, 5.41) is 12.0. The largest absolute Gasteiger partial charge is 0.507 e. The van der Waals surface area contributed by atoms with Gasteiger partial charge in [-0.2, -0.15) is 0 Å².